The number of benzene rings is 1. The molecule has 0 aromatic heterocycles. The number of Topliss-reactive ketones (excluding diaryl/α,β-unsaturated/α-hetero) is 1. The SMILES string of the molecule is COc1cc(Br)cc(C(C)=O)c1OCC(N)=O. The van der Waals surface area contributed by atoms with Gasteiger partial charge in [-0.1, -0.05) is 15.9 Å². The average molecular weight is 302 g/mol. The highest BCUT2D eigenvalue weighted by molar-refractivity contribution is 9.10. The van der Waals surface area contributed by atoms with E-state index in [0.717, 1.165) is 0 Å². The first-order valence-electron chi connectivity index (χ1n) is 4.75. The van der Waals surface area contributed by atoms with Gasteiger partial charge in [-0.25, -0.2) is 0 Å². The summed E-state index contributed by atoms with van der Waals surface area (Å²) in [5.41, 5.74) is 5.32. The van der Waals surface area contributed by atoms with Crippen LogP contribution in [0.25, 0.3) is 0 Å². The van der Waals surface area contributed by atoms with Gasteiger partial charge in [-0.2, -0.15) is 0 Å². The van der Waals surface area contributed by atoms with E-state index in [1.807, 2.05) is 0 Å². The number of methoxy groups -OCH3 is 1. The van der Waals surface area contributed by atoms with E-state index in [1.165, 1.54) is 14.0 Å². The van der Waals surface area contributed by atoms with Crippen LogP contribution in [0.3, 0.4) is 0 Å². The molecule has 2 N–H and O–H groups in total. The van der Waals surface area contributed by atoms with Crippen LogP contribution in [0, 0.1) is 0 Å². The second-order valence-corrected chi connectivity index (χ2v) is 4.21. The third-order valence-electron chi connectivity index (χ3n) is 1.98. The predicted octanol–water partition coefficient (Wildman–Crippen LogP) is 1.52. The monoisotopic (exact) mass is 301 g/mol. The Labute approximate surface area is 107 Å². The van der Waals surface area contributed by atoms with Gasteiger partial charge in [0, 0.05) is 4.47 Å². The number of halogens is 1. The zero-order valence-corrected chi connectivity index (χ0v) is 11.0. The van der Waals surface area contributed by atoms with E-state index in [0.29, 0.717) is 15.8 Å². The van der Waals surface area contributed by atoms with Crippen molar-refractivity contribution in [2.24, 2.45) is 5.73 Å². The highest BCUT2D eigenvalue weighted by Crippen LogP contribution is 2.35. The quantitative estimate of drug-likeness (QED) is 0.837. The number of primary amides is 1. The van der Waals surface area contributed by atoms with Gasteiger partial charge in [-0.15, -0.1) is 0 Å². The Hall–Kier alpha value is -1.56. The second kappa shape index (κ2) is 5.67. The van der Waals surface area contributed by atoms with Gasteiger partial charge in [0.2, 0.25) is 0 Å². The summed E-state index contributed by atoms with van der Waals surface area (Å²) >= 11 is 3.26. The maximum atomic E-state index is 11.5. The first-order valence-corrected chi connectivity index (χ1v) is 5.54. The van der Waals surface area contributed by atoms with Crippen LogP contribution in [-0.2, 0) is 4.79 Å². The number of rotatable bonds is 5. The second-order valence-electron chi connectivity index (χ2n) is 3.30. The molecule has 1 aromatic rings. The molecule has 0 radical (unpaired) electrons. The van der Waals surface area contributed by atoms with E-state index in [4.69, 9.17) is 15.2 Å². The predicted molar refractivity (Wildman–Crippen MR) is 65.4 cm³/mol. The Morgan fingerprint density at radius 3 is 2.53 bits per heavy atom. The largest absolute Gasteiger partial charge is 0.493 e. The lowest BCUT2D eigenvalue weighted by Crippen LogP contribution is -2.21. The number of carbonyl (C=O) groups is 2. The number of nitrogens with two attached hydrogens (primary N) is 1. The Morgan fingerprint density at radius 2 is 2.06 bits per heavy atom. The van der Waals surface area contributed by atoms with Crippen molar-refractivity contribution < 1.29 is 19.1 Å². The van der Waals surface area contributed by atoms with Crippen molar-refractivity contribution in [2.75, 3.05) is 13.7 Å². The van der Waals surface area contributed by atoms with Crippen molar-refractivity contribution in [3.8, 4) is 11.5 Å². The Balaban J connectivity index is 3.21. The fourth-order valence-electron chi connectivity index (χ4n) is 1.27. The Bertz CT molecular complexity index is 459. The number of hydrogen-bond acceptors (Lipinski definition) is 4. The molecule has 0 unspecified atom stereocenters. The number of carbonyl (C=O) groups excluding carboxylic acids is 2. The molecular formula is C11H12BrNO4. The molecule has 0 atom stereocenters. The molecule has 0 fully saturated rings. The molecule has 0 bridgehead atoms. The van der Waals surface area contributed by atoms with Crippen LogP contribution in [0.5, 0.6) is 11.5 Å². The smallest absolute Gasteiger partial charge is 0.255 e. The van der Waals surface area contributed by atoms with E-state index in [2.05, 4.69) is 15.9 Å². The molecule has 0 spiro atoms. The molecule has 1 amide bonds. The number of hydrogen-bond donors (Lipinski definition) is 1. The van der Waals surface area contributed by atoms with Gasteiger partial charge in [0.25, 0.3) is 5.91 Å². The average Bonchev–Trinajstić information content (AvgIpc) is 2.25. The molecule has 6 heteroatoms. The van der Waals surface area contributed by atoms with Gasteiger partial charge in [0.15, 0.2) is 23.9 Å². The van der Waals surface area contributed by atoms with E-state index in [1.54, 1.807) is 12.1 Å². The van der Waals surface area contributed by atoms with Gasteiger partial charge in [-0.05, 0) is 19.1 Å². The number of amides is 1. The molecule has 1 rings (SSSR count). The molecule has 17 heavy (non-hydrogen) atoms. The van der Waals surface area contributed by atoms with Gasteiger partial charge in [0.05, 0.1) is 12.7 Å². The lowest BCUT2D eigenvalue weighted by atomic mass is 10.1. The van der Waals surface area contributed by atoms with Crippen molar-refractivity contribution in [1.82, 2.24) is 0 Å². The first-order chi connectivity index (χ1) is 7.95. The lowest BCUT2D eigenvalue weighted by molar-refractivity contribution is -0.119. The van der Waals surface area contributed by atoms with Crippen molar-refractivity contribution >= 4 is 27.6 Å². The molecule has 0 aliphatic rings. The molecular weight excluding hydrogens is 290 g/mol. The summed E-state index contributed by atoms with van der Waals surface area (Å²) in [5, 5.41) is 0. The highest BCUT2D eigenvalue weighted by atomic mass is 79.9. The zero-order chi connectivity index (χ0) is 13.0. The third kappa shape index (κ3) is 3.45. The minimum Gasteiger partial charge on any atom is -0.493 e. The minimum atomic E-state index is -0.621. The van der Waals surface area contributed by atoms with E-state index in [-0.39, 0.29) is 18.1 Å². The van der Waals surface area contributed by atoms with Crippen molar-refractivity contribution in [3.05, 3.63) is 22.2 Å². The van der Waals surface area contributed by atoms with Crippen LogP contribution in [0.1, 0.15) is 17.3 Å². The maximum absolute atomic E-state index is 11.5. The van der Waals surface area contributed by atoms with Gasteiger partial charge in [-0.3, -0.25) is 9.59 Å². The fourth-order valence-corrected chi connectivity index (χ4v) is 1.71. The van der Waals surface area contributed by atoms with E-state index < -0.39 is 5.91 Å². The van der Waals surface area contributed by atoms with Crippen molar-refractivity contribution in [1.29, 1.82) is 0 Å². The van der Waals surface area contributed by atoms with Crippen molar-refractivity contribution in [3.63, 3.8) is 0 Å². The van der Waals surface area contributed by atoms with Crippen LogP contribution < -0.4 is 15.2 Å². The van der Waals surface area contributed by atoms with Crippen LogP contribution in [0.2, 0.25) is 0 Å². The molecule has 0 saturated carbocycles. The third-order valence-corrected chi connectivity index (χ3v) is 2.44. The van der Waals surface area contributed by atoms with Crippen LogP contribution >= 0.6 is 15.9 Å². The number of ether oxygens (including phenoxy) is 2. The van der Waals surface area contributed by atoms with E-state index >= 15 is 0 Å². The summed E-state index contributed by atoms with van der Waals surface area (Å²) in [5.74, 6) is -0.221. The molecule has 5 nitrogen and oxygen atoms in total. The maximum Gasteiger partial charge on any atom is 0.255 e. The molecule has 0 heterocycles. The lowest BCUT2D eigenvalue weighted by Gasteiger charge is -2.13. The standard InChI is InChI=1S/C11H12BrNO4/c1-6(14)8-3-7(12)4-9(16-2)11(8)17-5-10(13)15/h3-4H,5H2,1-2H3,(H2,13,15). The topological polar surface area (TPSA) is 78.6 Å². The highest BCUT2D eigenvalue weighted by Gasteiger charge is 2.16. The first kappa shape index (κ1) is 13.5. The fraction of sp³-hybridized carbons (Fsp3) is 0.273. The number of ketones is 1. The van der Waals surface area contributed by atoms with E-state index in [9.17, 15) is 9.59 Å². The molecule has 0 saturated heterocycles. The van der Waals surface area contributed by atoms with Gasteiger partial charge in [0.1, 0.15) is 0 Å². The van der Waals surface area contributed by atoms with Gasteiger partial charge < -0.3 is 15.2 Å². The van der Waals surface area contributed by atoms with Crippen LogP contribution in [0.4, 0.5) is 0 Å². The summed E-state index contributed by atoms with van der Waals surface area (Å²) in [4.78, 5) is 22.1. The summed E-state index contributed by atoms with van der Waals surface area (Å²) in [6.07, 6.45) is 0. The summed E-state index contributed by atoms with van der Waals surface area (Å²) in [6, 6.07) is 3.24. The minimum absolute atomic E-state index is 0.191. The van der Waals surface area contributed by atoms with Gasteiger partial charge >= 0.3 is 0 Å². The normalized spacial score (nSPS) is 9.82. The molecule has 0 aliphatic carbocycles. The Kier molecular flexibility index (Phi) is 4.51. The molecule has 92 valence electrons. The zero-order valence-electron chi connectivity index (χ0n) is 9.45. The van der Waals surface area contributed by atoms with Crippen LogP contribution in [0.15, 0.2) is 16.6 Å². The van der Waals surface area contributed by atoms with Crippen molar-refractivity contribution in [2.45, 2.75) is 6.92 Å². The van der Waals surface area contributed by atoms with Crippen LogP contribution in [-0.4, -0.2) is 25.4 Å². The summed E-state index contributed by atoms with van der Waals surface area (Å²) in [7, 11) is 1.45. The molecule has 1 aromatic carbocycles. The summed E-state index contributed by atoms with van der Waals surface area (Å²) < 4.78 is 11.0. The summed E-state index contributed by atoms with van der Waals surface area (Å²) in [6.45, 7) is 1.09. The molecule has 0 aliphatic heterocycles. The Morgan fingerprint density at radius 1 is 1.41 bits per heavy atom.